The molecule has 1 heterocycles. The number of benzene rings is 2. The molecule has 0 aliphatic heterocycles. The number of hydrogen-bond acceptors (Lipinski definition) is 7. The van der Waals surface area contributed by atoms with Gasteiger partial charge in [-0.15, -0.1) is 11.3 Å². The molecular weight excluding hydrogens is 308 g/mol. The van der Waals surface area contributed by atoms with Crippen molar-refractivity contribution in [1.82, 2.24) is 4.98 Å². The van der Waals surface area contributed by atoms with E-state index in [9.17, 15) is 10.1 Å². The SMILES string of the molecule is NNc1cc(Sc2nc3ccccc3s2)cc([N+](=O)[O-])c1. The summed E-state index contributed by atoms with van der Waals surface area (Å²) in [6, 6.07) is 12.5. The lowest BCUT2D eigenvalue weighted by molar-refractivity contribution is -0.385. The maximum atomic E-state index is 10.9. The third-order valence-corrected chi connectivity index (χ3v) is 4.82. The van der Waals surface area contributed by atoms with Gasteiger partial charge in [-0.1, -0.05) is 23.9 Å². The molecule has 1 aromatic heterocycles. The maximum Gasteiger partial charge on any atom is 0.272 e. The third kappa shape index (κ3) is 2.97. The van der Waals surface area contributed by atoms with Gasteiger partial charge in [0.25, 0.3) is 5.69 Å². The summed E-state index contributed by atoms with van der Waals surface area (Å²) in [4.78, 5) is 15.7. The highest BCUT2D eigenvalue weighted by Gasteiger charge is 2.12. The fraction of sp³-hybridized carbons (Fsp3) is 0. The number of hydrazine groups is 1. The zero-order valence-corrected chi connectivity index (χ0v) is 12.3. The molecule has 0 saturated carbocycles. The fourth-order valence-corrected chi connectivity index (χ4v) is 3.96. The number of nitrogen functional groups attached to an aromatic ring is 1. The Morgan fingerprint density at radius 3 is 2.81 bits per heavy atom. The average Bonchev–Trinajstić information content (AvgIpc) is 2.88. The summed E-state index contributed by atoms with van der Waals surface area (Å²) >= 11 is 2.93. The summed E-state index contributed by atoms with van der Waals surface area (Å²) in [6.45, 7) is 0. The average molecular weight is 318 g/mol. The van der Waals surface area contributed by atoms with Crippen LogP contribution < -0.4 is 11.3 Å². The second-order valence-corrected chi connectivity index (χ2v) is 6.52. The normalized spacial score (nSPS) is 10.7. The highest BCUT2D eigenvalue weighted by molar-refractivity contribution is 8.01. The summed E-state index contributed by atoms with van der Waals surface area (Å²) < 4.78 is 1.92. The Morgan fingerprint density at radius 1 is 1.29 bits per heavy atom. The van der Waals surface area contributed by atoms with Crippen LogP contribution in [-0.2, 0) is 0 Å². The molecule has 0 aliphatic carbocycles. The van der Waals surface area contributed by atoms with Gasteiger partial charge in [-0.25, -0.2) is 4.98 Å². The van der Waals surface area contributed by atoms with Gasteiger partial charge in [-0.3, -0.25) is 16.0 Å². The zero-order valence-electron chi connectivity index (χ0n) is 10.6. The van der Waals surface area contributed by atoms with Crippen molar-refractivity contribution in [3.8, 4) is 0 Å². The molecule has 21 heavy (non-hydrogen) atoms. The Morgan fingerprint density at radius 2 is 2.10 bits per heavy atom. The van der Waals surface area contributed by atoms with Crippen molar-refractivity contribution in [3.63, 3.8) is 0 Å². The number of anilines is 1. The molecule has 0 unspecified atom stereocenters. The lowest BCUT2D eigenvalue weighted by Crippen LogP contribution is -2.07. The van der Waals surface area contributed by atoms with Gasteiger partial charge in [0.15, 0.2) is 4.34 Å². The van der Waals surface area contributed by atoms with E-state index < -0.39 is 4.92 Å². The fourth-order valence-electron chi connectivity index (χ4n) is 1.83. The molecule has 0 bridgehead atoms. The molecule has 3 N–H and O–H groups in total. The highest BCUT2D eigenvalue weighted by Crippen LogP contribution is 2.36. The number of aromatic nitrogens is 1. The minimum Gasteiger partial charge on any atom is -0.324 e. The Hall–Kier alpha value is -2.16. The van der Waals surface area contributed by atoms with Gasteiger partial charge in [0.1, 0.15) is 0 Å². The van der Waals surface area contributed by atoms with Gasteiger partial charge < -0.3 is 5.43 Å². The van der Waals surface area contributed by atoms with Crippen LogP contribution in [0.15, 0.2) is 51.7 Å². The molecule has 0 atom stereocenters. The summed E-state index contributed by atoms with van der Waals surface area (Å²) in [6.07, 6.45) is 0. The number of nitrogens with one attached hydrogen (secondary N) is 1. The van der Waals surface area contributed by atoms with Crippen LogP contribution in [0.5, 0.6) is 0 Å². The lowest BCUT2D eigenvalue weighted by Gasteiger charge is -2.03. The Bertz CT molecular complexity index is 786. The molecule has 0 saturated heterocycles. The molecular formula is C13H10N4O2S2. The van der Waals surface area contributed by atoms with E-state index in [1.54, 1.807) is 17.4 Å². The first kappa shape index (κ1) is 13.8. The van der Waals surface area contributed by atoms with Crippen LogP contribution in [0, 0.1) is 10.1 Å². The number of hydrogen-bond donors (Lipinski definition) is 2. The van der Waals surface area contributed by atoms with E-state index in [1.165, 1.54) is 23.9 Å². The van der Waals surface area contributed by atoms with E-state index in [1.807, 2.05) is 24.3 Å². The first-order valence-corrected chi connectivity index (χ1v) is 7.58. The first-order chi connectivity index (χ1) is 10.2. The monoisotopic (exact) mass is 318 g/mol. The van der Waals surface area contributed by atoms with Crippen molar-refractivity contribution in [1.29, 1.82) is 0 Å². The molecule has 0 spiro atoms. The predicted molar refractivity (Wildman–Crippen MR) is 84.6 cm³/mol. The van der Waals surface area contributed by atoms with Crippen molar-refractivity contribution < 1.29 is 4.92 Å². The topological polar surface area (TPSA) is 94.1 Å². The van der Waals surface area contributed by atoms with Gasteiger partial charge in [-0.2, -0.15) is 0 Å². The quantitative estimate of drug-likeness (QED) is 0.433. The Kier molecular flexibility index (Phi) is 3.74. The number of thiazole rings is 1. The van der Waals surface area contributed by atoms with Crippen LogP contribution in [0.3, 0.4) is 0 Å². The van der Waals surface area contributed by atoms with Crippen molar-refractivity contribution in [2.75, 3.05) is 5.43 Å². The first-order valence-electron chi connectivity index (χ1n) is 5.95. The maximum absolute atomic E-state index is 10.9. The van der Waals surface area contributed by atoms with E-state index >= 15 is 0 Å². The second kappa shape index (κ2) is 5.68. The van der Waals surface area contributed by atoms with E-state index in [-0.39, 0.29) is 5.69 Å². The molecule has 3 rings (SSSR count). The summed E-state index contributed by atoms with van der Waals surface area (Å²) in [5, 5.41) is 10.9. The highest BCUT2D eigenvalue weighted by atomic mass is 32.2. The van der Waals surface area contributed by atoms with E-state index in [0.717, 1.165) is 19.5 Å². The number of rotatable bonds is 4. The van der Waals surface area contributed by atoms with Gasteiger partial charge >= 0.3 is 0 Å². The molecule has 3 aromatic rings. The van der Waals surface area contributed by atoms with Crippen LogP contribution in [0.4, 0.5) is 11.4 Å². The molecule has 0 fully saturated rings. The van der Waals surface area contributed by atoms with E-state index in [0.29, 0.717) is 5.69 Å². The number of nitro benzene ring substituents is 1. The van der Waals surface area contributed by atoms with Crippen molar-refractivity contribution in [3.05, 3.63) is 52.6 Å². The number of nitro groups is 1. The van der Waals surface area contributed by atoms with Crippen molar-refractivity contribution in [2.24, 2.45) is 5.84 Å². The molecule has 0 radical (unpaired) electrons. The number of nitrogens with two attached hydrogens (primary N) is 1. The van der Waals surface area contributed by atoms with Gasteiger partial charge in [0, 0.05) is 17.0 Å². The minimum absolute atomic E-state index is 0.00550. The summed E-state index contributed by atoms with van der Waals surface area (Å²) in [5.74, 6) is 5.35. The van der Waals surface area contributed by atoms with Gasteiger partial charge in [0.05, 0.1) is 20.8 Å². The standard InChI is InChI=1S/C13H10N4O2S2/c14-16-8-5-9(17(18)19)7-10(6-8)20-13-15-11-3-1-2-4-12(11)21-13/h1-7,16H,14H2. The number of para-hydroxylation sites is 1. The number of nitrogens with zero attached hydrogens (tertiary/aromatic N) is 2. The van der Waals surface area contributed by atoms with Crippen LogP contribution in [-0.4, -0.2) is 9.91 Å². The van der Waals surface area contributed by atoms with Crippen LogP contribution in [0.1, 0.15) is 0 Å². The Labute approximate surface area is 128 Å². The van der Waals surface area contributed by atoms with Crippen molar-refractivity contribution >= 4 is 44.7 Å². The Balaban J connectivity index is 1.96. The molecule has 106 valence electrons. The number of non-ortho nitro benzene ring substituents is 1. The van der Waals surface area contributed by atoms with Crippen LogP contribution >= 0.6 is 23.1 Å². The van der Waals surface area contributed by atoms with Gasteiger partial charge in [0.2, 0.25) is 0 Å². The predicted octanol–water partition coefficient (Wildman–Crippen LogP) is 3.64. The van der Waals surface area contributed by atoms with Crippen LogP contribution in [0.25, 0.3) is 10.2 Å². The summed E-state index contributed by atoms with van der Waals surface area (Å²) in [5.41, 5.74) is 3.85. The van der Waals surface area contributed by atoms with Crippen LogP contribution in [0.2, 0.25) is 0 Å². The van der Waals surface area contributed by atoms with Crippen molar-refractivity contribution in [2.45, 2.75) is 9.24 Å². The van der Waals surface area contributed by atoms with Gasteiger partial charge in [-0.05, 0) is 18.2 Å². The molecule has 0 aliphatic rings. The summed E-state index contributed by atoms with van der Waals surface area (Å²) in [7, 11) is 0. The molecule has 6 nitrogen and oxygen atoms in total. The smallest absolute Gasteiger partial charge is 0.272 e. The molecule has 2 aromatic carbocycles. The lowest BCUT2D eigenvalue weighted by atomic mass is 10.3. The largest absolute Gasteiger partial charge is 0.324 e. The van der Waals surface area contributed by atoms with E-state index in [2.05, 4.69) is 10.4 Å². The molecule has 0 amide bonds. The molecule has 8 heteroatoms. The second-order valence-electron chi connectivity index (χ2n) is 4.17. The minimum atomic E-state index is -0.441. The number of fused-ring (bicyclic) bond motifs is 1. The zero-order chi connectivity index (χ0) is 14.8. The van der Waals surface area contributed by atoms with E-state index in [4.69, 9.17) is 5.84 Å². The third-order valence-electron chi connectivity index (χ3n) is 2.75.